The van der Waals surface area contributed by atoms with Gasteiger partial charge in [0.2, 0.25) is 0 Å². The predicted octanol–water partition coefficient (Wildman–Crippen LogP) is -3.60. The van der Waals surface area contributed by atoms with Gasteiger partial charge >= 0.3 is 37.7 Å². The fraction of sp³-hybridized carbons (Fsp3) is 0.375. The SMILES string of the molecule is C=C=C(C)C([CH2-])([CH2-])C.[Li+].[Li+]. The topological polar surface area (TPSA) is 0 Å². The van der Waals surface area contributed by atoms with E-state index in [1.54, 1.807) is 0 Å². The first-order valence-electron chi connectivity index (χ1n) is 2.56. The molecule has 0 saturated carbocycles. The summed E-state index contributed by atoms with van der Waals surface area (Å²) in [4.78, 5) is 0. The van der Waals surface area contributed by atoms with E-state index >= 15 is 0 Å². The molecular weight excluding hydrogens is 110 g/mol. The van der Waals surface area contributed by atoms with E-state index in [2.05, 4.69) is 26.2 Å². The largest absolute Gasteiger partial charge is 1.00 e. The summed E-state index contributed by atoms with van der Waals surface area (Å²) in [5.41, 5.74) is 3.50. The molecule has 0 aromatic heterocycles. The van der Waals surface area contributed by atoms with Crippen molar-refractivity contribution in [3.8, 4) is 0 Å². The third-order valence-electron chi connectivity index (χ3n) is 1.17. The summed E-state index contributed by atoms with van der Waals surface area (Å²) < 4.78 is 0. The zero-order valence-corrected chi connectivity index (χ0v) is 7.62. The van der Waals surface area contributed by atoms with Crippen LogP contribution < -0.4 is 37.7 Å². The Morgan fingerprint density at radius 3 is 1.70 bits per heavy atom. The van der Waals surface area contributed by atoms with Crippen molar-refractivity contribution in [3.63, 3.8) is 0 Å². The summed E-state index contributed by atoms with van der Waals surface area (Å²) in [5.74, 6) is 0. The van der Waals surface area contributed by atoms with E-state index < -0.39 is 0 Å². The molecule has 0 aliphatic rings. The van der Waals surface area contributed by atoms with Gasteiger partial charge in [-0.05, 0) is 6.92 Å². The number of rotatable bonds is 1. The quantitative estimate of drug-likeness (QED) is 0.191. The summed E-state index contributed by atoms with van der Waals surface area (Å²) in [6.07, 6.45) is 0. The number of allylic oxidation sites excluding steroid dienone is 1. The van der Waals surface area contributed by atoms with Crippen LogP contribution in [-0.4, -0.2) is 0 Å². The molecule has 0 saturated heterocycles. The van der Waals surface area contributed by atoms with Crippen LogP contribution in [0.4, 0.5) is 0 Å². The molecule has 46 valence electrons. The minimum absolute atomic E-state index is 0. The molecule has 0 amide bonds. The van der Waals surface area contributed by atoms with Crippen LogP contribution in [0, 0.1) is 19.3 Å². The fourth-order valence-electron chi connectivity index (χ4n) is 0.213. The summed E-state index contributed by atoms with van der Waals surface area (Å²) >= 11 is 0. The van der Waals surface area contributed by atoms with Gasteiger partial charge in [0, 0.05) is 0 Å². The van der Waals surface area contributed by atoms with Gasteiger partial charge < -0.3 is 13.8 Å². The second-order valence-electron chi connectivity index (χ2n) is 2.36. The maximum atomic E-state index is 3.79. The predicted molar refractivity (Wildman–Crippen MR) is 37.1 cm³/mol. The Morgan fingerprint density at radius 1 is 1.40 bits per heavy atom. The van der Waals surface area contributed by atoms with Crippen molar-refractivity contribution in [3.05, 3.63) is 31.7 Å². The molecule has 0 aromatic rings. The molecular formula is C8H12Li2. The molecule has 0 atom stereocenters. The van der Waals surface area contributed by atoms with Crippen molar-refractivity contribution >= 4 is 0 Å². The van der Waals surface area contributed by atoms with Gasteiger partial charge in [-0.2, -0.15) is 0 Å². The first-order chi connectivity index (χ1) is 3.48. The van der Waals surface area contributed by atoms with Gasteiger partial charge in [0.05, 0.1) is 0 Å². The summed E-state index contributed by atoms with van der Waals surface area (Å²) in [5, 5.41) is 0. The first kappa shape index (κ1) is 17.0. The average Bonchev–Trinajstić information content (AvgIpc) is 1.62. The zero-order valence-electron chi connectivity index (χ0n) is 7.62. The molecule has 0 bridgehead atoms. The van der Waals surface area contributed by atoms with Gasteiger partial charge in [0.15, 0.2) is 0 Å². The normalized spacial score (nSPS) is 8.40. The molecule has 0 aliphatic carbocycles. The molecule has 0 aliphatic heterocycles. The van der Waals surface area contributed by atoms with Gasteiger partial charge in [-0.1, -0.05) is 12.2 Å². The molecule has 0 unspecified atom stereocenters. The van der Waals surface area contributed by atoms with Crippen molar-refractivity contribution < 1.29 is 37.7 Å². The zero-order chi connectivity index (χ0) is 6.78. The Bertz CT molecular complexity index is 125. The van der Waals surface area contributed by atoms with Crippen molar-refractivity contribution in [1.82, 2.24) is 0 Å². The molecule has 2 heteroatoms. The Kier molecular flexibility index (Phi) is 10.9. The van der Waals surface area contributed by atoms with Crippen LogP contribution in [0.25, 0.3) is 0 Å². The number of hydrogen-bond acceptors (Lipinski definition) is 0. The van der Waals surface area contributed by atoms with Crippen molar-refractivity contribution in [1.29, 1.82) is 0 Å². The minimum atomic E-state index is -0.248. The molecule has 0 rings (SSSR count). The van der Waals surface area contributed by atoms with E-state index in [0.717, 1.165) is 5.57 Å². The van der Waals surface area contributed by atoms with Gasteiger partial charge in [0.1, 0.15) is 0 Å². The van der Waals surface area contributed by atoms with Gasteiger partial charge in [-0.15, -0.1) is 12.7 Å². The van der Waals surface area contributed by atoms with E-state index in [4.69, 9.17) is 0 Å². The van der Waals surface area contributed by atoms with E-state index in [0.29, 0.717) is 0 Å². The molecule has 0 nitrogen and oxygen atoms in total. The van der Waals surface area contributed by atoms with Crippen LogP contribution in [0.5, 0.6) is 0 Å². The summed E-state index contributed by atoms with van der Waals surface area (Å²) in [6.45, 7) is 14.9. The Balaban J connectivity index is -0.000000245. The Labute approximate surface area is 88.5 Å². The van der Waals surface area contributed by atoms with Gasteiger partial charge in [-0.3, -0.25) is 5.41 Å². The van der Waals surface area contributed by atoms with Crippen LogP contribution in [0.1, 0.15) is 13.8 Å². The maximum Gasteiger partial charge on any atom is 1.00 e. The molecule has 0 N–H and O–H groups in total. The molecule has 0 radical (unpaired) electrons. The number of hydrogen-bond donors (Lipinski definition) is 0. The van der Waals surface area contributed by atoms with Crippen LogP contribution in [0.2, 0.25) is 0 Å². The van der Waals surface area contributed by atoms with E-state index in [-0.39, 0.29) is 43.1 Å². The van der Waals surface area contributed by atoms with E-state index in [1.165, 1.54) is 0 Å². The second kappa shape index (κ2) is 6.43. The third-order valence-corrected chi connectivity index (χ3v) is 1.17. The average molecular weight is 122 g/mol. The molecule has 0 spiro atoms. The maximum absolute atomic E-state index is 3.79. The third kappa shape index (κ3) is 6.83. The van der Waals surface area contributed by atoms with Crippen LogP contribution >= 0.6 is 0 Å². The van der Waals surface area contributed by atoms with E-state index in [9.17, 15) is 0 Å². The smallest absolute Gasteiger partial charge is 0.363 e. The monoisotopic (exact) mass is 122 g/mol. The Morgan fingerprint density at radius 2 is 1.70 bits per heavy atom. The van der Waals surface area contributed by atoms with Crippen molar-refractivity contribution in [2.75, 3.05) is 0 Å². The summed E-state index contributed by atoms with van der Waals surface area (Å²) in [7, 11) is 0. The fourth-order valence-corrected chi connectivity index (χ4v) is 0.213. The second-order valence-corrected chi connectivity index (χ2v) is 2.36. The molecule has 10 heavy (non-hydrogen) atoms. The minimum Gasteiger partial charge on any atom is -0.363 e. The standard InChI is InChI=1S/C8H12.2Li/c1-6-7(2)8(3,4)5;;/h1,3-4H2,2,5H3;;/q-2;2*+1. The van der Waals surface area contributed by atoms with Crippen LogP contribution in [0.15, 0.2) is 17.9 Å². The van der Waals surface area contributed by atoms with Crippen LogP contribution in [0.3, 0.4) is 0 Å². The first-order valence-corrected chi connectivity index (χ1v) is 2.56. The van der Waals surface area contributed by atoms with E-state index in [1.807, 2.05) is 13.8 Å². The van der Waals surface area contributed by atoms with Crippen LogP contribution in [-0.2, 0) is 0 Å². The van der Waals surface area contributed by atoms with Crippen molar-refractivity contribution in [2.45, 2.75) is 13.8 Å². The molecule has 0 fully saturated rings. The van der Waals surface area contributed by atoms with Gasteiger partial charge in [0.25, 0.3) is 0 Å². The summed E-state index contributed by atoms with van der Waals surface area (Å²) in [6, 6.07) is 0. The van der Waals surface area contributed by atoms with Crippen molar-refractivity contribution in [2.24, 2.45) is 5.41 Å². The Hall–Kier alpha value is 0.715. The van der Waals surface area contributed by atoms with Gasteiger partial charge in [-0.25, -0.2) is 0 Å². The molecule has 0 heterocycles. The molecule has 0 aromatic carbocycles.